The molecule has 7 heteroatoms. The van der Waals surface area contributed by atoms with Crippen LogP contribution in [0.3, 0.4) is 0 Å². The second-order valence-corrected chi connectivity index (χ2v) is 7.20. The van der Waals surface area contributed by atoms with Crippen LogP contribution in [0.15, 0.2) is 70.7 Å². The van der Waals surface area contributed by atoms with Gasteiger partial charge in [-0.25, -0.2) is 9.48 Å². The molecule has 0 bridgehead atoms. The molecule has 160 valence electrons. The summed E-state index contributed by atoms with van der Waals surface area (Å²) in [5.74, 6) is 0.288. The van der Waals surface area contributed by atoms with Crippen molar-refractivity contribution in [3.8, 4) is 11.4 Å². The first-order valence-electron chi connectivity index (χ1n) is 10.3. The van der Waals surface area contributed by atoms with E-state index >= 15 is 0 Å². The predicted molar refractivity (Wildman–Crippen MR) is 119 cm³/mol. The maximum atomic E-state index is 13.5. The fourth-order valence-electron chi connectivity index (χ4n) is 3.92. The third-order valence-electron chi connectivity index (χ3n) is 5.25. The van der Waals surface area contributed by atoms with Gasteiger partial charge in [0.15, 0.2) is 0 Å². The highest BCUT2D eigenvalue weighted by atomic mass is 16.5. The van der Waals surface area contributed by atoms with Gasteiger partial charge in [0, 0.05) is 5.70 Å². The summed E-state index contributed by atoms with van der Waals surface area (Å²) in [5, 5.41) is 6.34. The first-order valence-corrected chi connectivity index (χ1v) is 10.3. The number of aromatic nitrogens is 2. The number of anilines is 1. The smallest absolute Gasteiger partial charge is 0.336 e. The lowest BCUT2D eigenvalue weighted by atomic mass is 9.82. The fourth-order valence-corrected chi connectivity index (χ4v) is 3.92. The minimum Gasteiger partial charge on any atom is -0.494 e. The normalized spacial score (nSPS) is 15.3. The molecular weight excluding hydrogens is 394 g/mol. The SMILES string of the molecule is CCOC(=O)C1=C(C)Nc2[nH]n(-c3ccccc3)c(=O)c2C1c1ccc(OCC)cc1. The Morgan fingerprint density at radius 2 is 1.74 bits per heavy atom. The number of rotatable bonds is 6. The van der Waals surface area contributed by atoms with E-state index in [1.165, 1.54) is 4.68 Å². The Morgan fingerprint density at radius 3 is 2.39 bits per heavy atom. The zero-order valence-electron chi connectivity index (χ0n) is 17.8. The van der Waals surface area contributed by atoms with Gasteiger partial charge >= 0.3 is 5.97 Å². The quantitative estimate of drug-likeness (QED) is 0.591. The summed E-state index contributed by atoms with van der Waals surface area (Å²) in [6.45, 7) is 6.31. The number of hydrogen-bond acceptors (Lipinski definition) is 5. The summed E-state index contributed by atoms with van der Waals surface area (Å²) in [6, 6.07) is 16.8. The Morgan fingerprint density at radius 1 is 1.03 bits per heavy atom. The van der Waals surface area contributed by atoms with Crippen LogP contribution in [0.1, 0.15) is 37.8 Å². The minimum atomic E-state index is -0.570. The van der Waals surface area contributed by atoms with Crippen molar-refractivity contribution >= 4 is 11.8 Å². The van der Waals surface area contributed by atoms with Crippen LogP contribution >= 0.6 is 0 Å². The van der Waals surface area contributed by atoms with E-state index in [0.29, 0.717) is 34.9 Å². The van der Waals surface area contributed by atoms with Gasteiger partial charge in [0.1, 0.15) is 11.6 Å². The molecule has 0 saturated carbocycles. The molecule has 7 nitrogen and oxygen atoms in total. The summed E-state index contributed by atoms with van der Waals surface area (Å²) < 4.78 is 12.4. The number of nitrogens with one attached hydrogen (secondary N) is 2. The van der Waals surface area contributed by atoms with E-state index in [2.05, 4.69) is 10.4 Å². The molecule has 2 N–H and O–H groups in total. The van der Waals surface area contributed by atoms with Crippen LogP contribution < -0.4 is 15.6 Å². The van der Waals surface area contributed by atoms with Gasteiger partial charge in [-0.3, -0.25) is 9.89 Å². The molecule has 1 aliphatic rings. The second-order valence-electron chi connectivity index (χ2n) is 7.20. The van der Waals surface area contributed by atoms with Crippen molar-refractivity contribution in [3.63, 3.8) is 0 Å². The second kappa shape index (κ2) is 8.55. The maximum Gasteiger partial charge on any atom is 0.336 e. The number of allylic oxidation sites excluding steroid dienone is 1. The Labute approximate surface area is 180 Å². The van der Waals surface area contributed by atoms with Crippen molar-refractivity contribution in [1.29, 1.82) is 0 Å². The number of nitrogens with zero attached hydrogens (tertiary/aromatic N) is 1. The van der Waals surface area contributed by atoms with E-state index in [-0.39, 0.29) is 12.2 Å². The predicted octanol–water partition coefficient (Wildman–Crippen LogP) is 3.96. The number of fused-ring (bicyclic) bond motifs is 1. The van der Waals surface area contributed by atoms with Crippen LogP contribution in [0.25, 0.3) is 5.69 Å². The first kappa shape index (κ1) is 20.5. The average molecular weight is 419 g/mol. The zero-order valence-corrected chi connectivity index (χ0v) is 17.8. The van der Waals surface area contributed by atoms with Crippen LogP contribution in [-0.4, -0.2) is 29.0 Å². The van der Waals surface area contributed by atoms with Gasteiger partial charge in [-0.05, 0) is 50.6 Å². The molecule has 0 saturated heterocycles. The molecule has 1 aromatic heterocycles. The molecule has 1 unspecified atom stereocenters. The number of aromatic amines is 1. The Balaban J connectivity index is 1.89. The molecule has 31 heavy (non-hydrogen) atoms. The van der Waals surface area contributed by atoms with Gasteiger partial charge in [0.25, 0.3) is 5.56 Å². The van der Waals surface area contributed by atoms with Gasteiger partial charge in [-0.15, -0.1) is 0 Å². The van der Waals surface area contributed by atoms with Crippen molar-refractivity contribution < 1.29 is 14.3 Å². The molecule has 0 radical (unpaired) electrons. The molecule has 1 aliphatic heterocycles. The van der Waals surface area contributed by atoms with Gasteiger partial charge in [-0.1, -0.05) is 30.3 Å². The molecule has 4 rings (SSSR count). The number of benzene rings is 2. The standard InChI is InChI=1S/C24H25N3O4/c1-4-30-18-13-11-16(12-14-18)20-19(24(29)31-5-2)15(3)25-22-21(20)23(28)27(26-22)17-9-7-6-8-10-17/h6-14,20,25-26H,4-5H2,1-3H3. The molecule has 2 heterocycles. The van der Waals surface area contributed by atoms with Gasteiger partial charge in [-0.2, -0.15) is 0 Å². The van der Waals surface area contributed by atoms with E-state index < -0.39 is 11.9 Å². The molecular formula is C24H25N3O4. The lowest BCUT2D eigenvalue weighted by molar-refractivity contribution is -0.138. The van der Waals surface area contributed by atoms with Crippen LogP contribution in [0.5, 0.6) is 5.75 Å². The summed E-state index contributed by atoms with van der Waals surface area (Å²) in [4.78, 5) is 26.4. The molecule has 0 spiro atoms. The number of H-pyrrole nitrogens is 1. The number of ether oxygens (including phenoxy) is 2. The largest absolute Gasteiger partial charge is 0.494 e. The van der Waals surface area contributed by atoms with Crippen LogP contribution in [0.4, 0.5) is 5.82 Å². The maximum absolute atomic E-state index is 13.5. The van der Waals surface area contributed by atoms with Crippen molar-refractivity contribution in [1.82, 2.24) is 9.78 Å². The summed E-state index contributed by atoms with van der Waals surface area (Å²) in [5.41, 5.74) is 2.85. The van der Waals surface area contributed by atoms with E-state index in [9.17, 15) is 9.59 Å². The number of carbonyl (C=O) groups is 1. The average Bonchev–Trinajstić information content (AvgIpc) is 3.10. The summed E-state index contributed by atoms with van der Waals surface area (Å²) >= 11 is 0. The van der Waals surface area contributed by atoms with Crippen LogP contribution in [-0.2, 0) is 9.53 Å². The van der Waals surface area contributed by atoms with Gasteiger partial charge in [0.05, 0.1) is 36.0 Å². The van der Waals surface area contributed by atoms with Crippen molar-refractivity contribution in [3.05, 3.63) is 87.3 Å². The molecule has 3 aromatic rings. The monoisotopic (exact) mass is 419 g/mol. The third kappa shape index (κ3) is 3.74. The zero-order chi connectivity index (χ0) is 22.0. The van der Waals surface area contributed by atoms with Crippen molar-refractivity contribution in [2.75, 3.05) is 18.5 Å². The van der Waals surface area contributed by atoms with Crippen molar-refractivity contribution in [2.24, 2.45) is 0 Å². The van der Waals surface area contributed by atoms with E-state index in [0.717, 1.165) is 11.3 Å². The highest BCUT2D eigenvalue weighted by molar-refractivity contribution is 5.94. The Hall–Kier alpha value is -3.74. The number of esters is 1. The fraction of sp³-hybridized carbons (Fsp3) is 0.250. The Bertz CT molecular complexity index is 1170. The molecule has 0 amide bonds. The first-order chi connectivity index (χ1) is 15.0. The van der Waals surface area contributed by atoms with Crippen molar-refractivity contribution in [2.45, 2.75) is 26.7 Å². The van der Waals surface area contributed by atoms with Crippen LogP contribution in [0, 0.1) is 0 Å². The third-order valence-corrected chi connectivity index (χ3v) is 5.25. The summed E-state index contributed by atoms with van der Waals surface area (Å²) in [6.07, 6.45) is 0. The molecule has 2 aromatic carbocycles. The number of carbonyl (C=O) groups excluding carboxylic acids is 1. The lowest BCUT2D eigenvalue weighted by Crippen LogP contribution is -2.28. The number of para-hydroxylation sites is 1. The molecule has 0 aliphatic carbocycles. The number of hydrogen-bond donors (Lipinski definition) is 2. The lowest BCUT2D eigenvalue weighted by Gasteiger charge is -2.26. The minimum absolute atomic E-state index is 0.220. The van der Waals surface area contributed by atoms with E-state index in [4.69, 9.17) is 9.47 Å². The highest BCUT2D eigenvalue weighted by Crippen LogP contribution is 2.40. The Kier molecular flexibility index (Phi) is 5.66. The van der Waals surface area contributed by atoms with Crippen LogP contribution in [0.2, 0.25) is 0 Å². The summed E-state index contributed by atoms with van der Waals surface area (Å²) in [7, 11) is 0. The highest BCUT2D eigenvalue weighted by Gasteiger charge is 2.37. The van der Waals surface area contributed by atoms with E-state index in [1.807, 2.05) is 68.4 Å². The van der Waals surface area contributed by atoms with E-state index in [1.54, 1.807) is 6.92 Å². The topological polar surface area (TPSA) is 85.4 Å². The molecule has 0 fully saturated rings. The van der Waals surface area contributed by atoms with Gasteiger partial charge in [0.2, 0.25) is 0 Å². The van der Waals surface area contributed by atoms with Gasteiger partial charge < -0.3 is 14.8 Å². The molecule has 1 atom stereocenters.